The largest absolute Gasteiger partial charge is 0.623 e. The Kier molecular flexibility index (Phi) is 4.49. The van der Waals surface area contributed by atoms with Gasteiger partial charge in [0.05, 0.1) is 10.5 Å². The van der Waals surface area contributed by atoms with Crippen LogP contribution in [0.15, 0.2) is 28.0 Å². The van der Waals surface area contributed by atoms with E-state index in [4.69, 9.17) is 9.11 Å². The highest BCUT2D eigenvalue weighted by atomic mass is 32.2. The first-order chi connectivity index (χ1) is 9.23. The van der Waals surface area contributed by atoms with Crippen molar-refractivity contribution in [2.45, 2.75) is 36.1 Å². The van der Waals surface area contributed by atoms with Gasteiger partial charge in [0.25, 0.3) is 20.2 Å². The van der Waals surface area contributed by atoms with E-state index in [9.17, 15) is 22.0 Å². The molecule has 0 aliphatic heterocycles. The van der Waals surface area contributed by atoms with E-state index in [0.717, 1.165) is 18.3 Å². The van der Waals surface area contributed by atoms with Crippen LogP contribution in [0.3, 0.4) is 0 Å². The van der Waals surface area contributed by atoms with Gasteiger partial charge in [0.15, 0.2) is 11.8 Å². The predicted molar refractivity (Wildman–Crippen MR) is 74.6 cm³/mol. The molecule has 0 amide bonds. The molecule has 8 nitrogen and oxygen atoms in total. The van der Waals surface area contributed by atoms with Gasteiger partial charge in [-0.05, 0) is 18.2 Å². The molecule has 21 heavy (non-hydrogen) atoms. The second kappa shape index (κ2) is 5.37. The maximum absolute atomic E-state index is 11.8. The third-order valence-corrected chi connectivity index (χ3v) is 4.24. The SMILES string of the molecule is CC(C)(C)/[N+]([O-])=C\c1ccc(S(=O)(=O)O)cc1S(=O)(=O)O. The van der Waals surface area contributed by atoms with Crippen LogP contribution in [-0.2, 0) is 20.2 Å². The van der Waals surface area contributed by atoms with Gasteiger partial charge >= 0.3 is 0 Å². The molecule has 0 aliphatic rings. The molecule has 0 saturated carbocycles. The van der Waals surface area contributed by atoms with Crippen LogP contribution >= 0.6 is 0 Å². The van der Waals surface area contributed by atoms with Crippen molar-refractivity contribution in [2.75, 3.05) is 0 Å². The molecule has 0 bridgehead atoms. The average Bonchev–Trinajstić information content (AvgIpc) is 2.25. The molecule has 10 heteroatoms. The molecule has 2 N–H and O–H groups in total. The van der Waals surface area contributed by atoms with Crippen molar-refractivity contribution in [3.8, 4) is 0 Å². The van der Waals surface area contributed by atoms with Crippen molar-refractivity contribution >= 4 is 26.5 Å². The Morgan fingerprint density at radius 2 is 1.62 bits per heavy atom. The van der Waals surface area contributed by atoms with Crippen LogP contribution in [0, 0.1) is 5.21 Å². The zero-order valence-electron chi connectivity index (χ0n) is 11.5. The zero-order valence-corrected chi connectivity index (χ0v) is 13.1. The number of hydrogen-bond donors (Lipinski definition) is 2. The number of benzene rings is 1. The van der Waals surface area contributed by atoms with Crippen molar-refractivity contribution in [3.05, 3.63) is 29.0 Å². The predicted octanol–water partition coefficient (Wildman–Crippen LogP) is 0.908. The van der Waals surface area contributed by atoms with Crippen LogP contribution in [-0.4, -0.2) is 42.4 Å². The van der Waals surface area contributed by atoms with Gasteiger partial charge in [-0.15, -0.1) is 0 Å². The minimum atomic E-state index is -4.78. The van der Waals surface area contributed by atoms with Crippen LogP contribution in [0.2, 0.25) is 0 Å². The minimum Gasteiger partial charge on any atom is -0.623 e. The highest BCUT2D eigenvalue weighted by Crippen LogP contribution is 2.20. The Hall–Kier alpha value is -1.49. The number of rotatable bonds is 3. The van der Waals surface area contributed by atoms with Crippen molar-refractivity contribution in [1.82, 2.24) is 0 Å². The summed E-state index contributed by atoms with van der Waals surface area (Å²) in [5.74, 6) is 0. The molecule has 0 fully saturated rings. The Balaban J connectivity index is 3.63. The summed E-state index contributed by atoms with van der Waals surface area (Å²) < 4.78 is 63.1. The van der Waals surface area contributed by atoms with E-state index in [-0.39, 0.29) is 5.56 Å². The van der Waals surface area contributed by atoms with Gasteiger partial charge in [0, 0.05) is 20.8 Å². The van der Waals surface area contributed by atoms with Crippen molar-refractivity contribution in [3.63, 3.8) is 0 Å². The molecular weight excluding hydrogens is 322 g/mol. The molecule has 0 aromatic heterocycles. The van der Waals surface area contributed by atoms with E-state index >= 15 is 0 Å². The molecule has 1 aromatic rings. The van der Waals surface area contributed by atoms with Crippen LogP contribution in [0.1, 0.15) is 26.3 Å². The molecule has 118 valence electrons. The lowest BCUT2D eigenvalue weighted by Gasteiger charge is -2.19. The number of hydrogen-bond acceptors (Lipinski definition) is 5. The monoisotopic (exact) mass is 337 g/mol. The smallest absolute Gasteiger partial charge is 0.295 e. The normalized spacial score (nSPS) is 14.2. The van der Waals surface area contributed by atoms with Crippen LogP contribution in [0.4, 0.5) is 0 Å². The van der Waals surface area contributed by atoms with E-state index < -0.39 is 35.6 Å². The Labute approximate surface area is 122 Å². The molecule has 1 aromatic carbocycles. The third kappa shape index (κ3) is 4.49. The fourth-order valence-corrected chi connectivity index (χ4v) is 2.60. The van der Waals surface area contributed by atoms with Gasteiger partial charge in [-0.1, -0.05) is 0 Å². The third-order valence-electron chi connectivity index (χ3n) is 2.48. The molecule has 0 radical (unpaired) electrons. The van der Waals surface area contributed by atoms with Gasteiger partial charge in [-0.25, -0.2) is 4.74 Å². The van der Waals surface area contributed by atoms with Crippen LogP contribution in [0.25, 0.3) is 0 Å². The molecule has 0 saturated heterocycles. The van der Waals surface area contributed by atoms with Crippen LogP contribution < -0.4 is 0 Å². The van der Waals surface area contributed by atoms with E-state index in [1.165, 1.54) is 0 Å². The van der Waals surface area contributed by atoms with Crippen molar-refractivity contribution < 1.29 is 30.7 Å². The summed E-state index contributed by atoms with van der Waals surface area (Å²) in [4.78, 5) is -1.50. The first kappa shape index (κ1) is 17.6. The van der Waals surface area contributed by atoms with Gasteiger partial charge in [0.1, 0.15) is 4.90 Å². The molecule has 0 aliphatic carbocycles. The Morgan fingerprint density at radius 3 is 2.00 bits per heavy atom. The van der Waals surface area contributed by atoms with Gasteiger partial charge in [-0.2, -0.15) is 16.8 Å². The average molecular weight is 337 g/mol. The quantitative estimate of drug-likeness (QED) is 0.275. The molecule has 1 rings (SSSR count). The second-order valence-corrected chi connectivity index (χ2v) is 8.09. The van der Waals surface area contributed by atoms with Crippen molar-refractivity contribution in [1.29, 1.82) is 0 Å². The van der Waals surface area contributed by atoms with Gasteiger partial charge in [-0.3, -0.25) is 9.11 Å². The summed E-state index contributed by atoms with van der Waals surface area (Å²) in [5.41, 5.74) is -1.06. The summed E-state index contributed by atoms with van der Waals surface area (Å²) in [6.45, 7) is 4.74. The van der Waals surface area contributed by atoms with E-state index in [1.807, 2.05) is 0 Å². The molecule has 0 atom stereocenters. The lowest BCUT2D eigenvalue weighted by atomic mass is 10.1. The summed E-state index contributed by atoms with van der Waals surface area (Å²) in [6, 6.07) is 2.50. The van der Waals surface area contributed by atoms with Gasteiger partial charge in [0.2, 0.25) is 0 Å². The zero-order chi connectivity index (χ0) is 16.6. The lowest BCUT2D eigenvalue weighted by Crippen LogP contribution is -2.29. The standard InChI is InChI=1S/C11H15NO7S2/c1-11(2,3)12(13)7-8-4-5-9(20(14,15)16)6-10(8)21(17,18)19/h4-7H,1-3H3,(H,14,15,16)(H,17,18,19)/b12-7+. The summed E-state index contributed by atoms with van der Waals surface area (Å²) >= 11 is 0. The molecule has 0 heterocycles. The Bertz CT molecular complexity index is 786. The van der Waals surface area contributed by atoms with E-state index in [1.54, 1.807) is 20.8 Å². The highest BCUT2D eigenvalue weighted by molar-refractivity contribution is 7.86. The van der Waals surface area contributed by atoms with E-state index in [0.29, 0.717) is 10.8 Å². The highest BCUT2D eigenvalue weighted by Gasteiger charge is 2.23. The first-order valence-corrected chi connectivity index (χ1v) is 8.51. The molecular formula is C11H15NO7S2. The van der Waals surface area contributed by atoms with E-state index in [2.05, 4.69) is 0 Å². The first-order valence-electron chi connectivity index (χ1n) is 5.63. The topological polar surface area (TPSA) is 135 Å². The maximum atomic E-state index is 11.8. The summed E-state index contributed by atoms with van der Waals surface area (Å²) in [7, 11) is -9.42. The summed E-state index contributed by atoms with van der Waals surface area (Å²) in [5, 5.41) is 11.8. The fourth-order valence-electron chi connectivity index (χ4n) is 1.33. The summed E-state index contributed by atoms with van der Waals surface area (Å²) in [6.07, 6.45) is 0.914. The van der Waals surface area contributed by atoms with Crippen molar-refractivity contribution in [2.24, 2.45) is 0 Å². The lowest BCUT2D eigenvalue weighted by molar-refractivity contribution is -0.530. The number of hydroxylamine groups is 1. The Morgan fingerprint density at radius 1 is 1.10 bits per heavy atom. The minimum absolute atomic E-state index is 0.199. The van der Waals surface area contributed by atoms with Gasteiger partial charge < -0.3 is 5.21 Å². The second-order valence-electron chi connectivity index (χ2n) is 5.28. The fraction of sp³-hybridized carbons (Fsp3) is 0.364. The maximum Gasteiger partial charge on any atom is 0.295 e. The molecule has 0 unspecified atom stereocenters. The molecule has 0 spiro atoms. The number of nitrogens with zero attached hydrogens (tertiary/aromatic N) is 1. The van der Waals surface area contributed by atoms with Crippen LogP contribution in [0.5, 0.6) is 0 Å².